The molecule has 0 atom stereocenters. The van der Waals surface area contributed by atoms with Crippen molar-refractivity contribution in [3.05, 3.63) is 181 Å². The molecule has 0 spiro atoms. The molecule has 0 aliphatic carbocycles. The van der Waals surface area contributed by atoms with Gasteiger partial charge in [0.05, 0.1) is 0 Å². The summed E-state index contributed by atoms with van der Waals surface area (Å²) in [5.41, 5.74) is 8.13. The van der Waals surface area contributed by atoms with Gasteiger partial charge in [-0.25, -0.2) is 0 Å². The van der Waals surface area contributed by atoms with Gasteiger partial charge >= 0.3 is 41.9 Å². The molecular weight excluding hydrogens is 791 g/mol. The summed E-state index contributed by atoms with van der Waals surface area (Å²) in [6.07, 6.45) is 0. The fourth-order valence-corrected chi connectivity index (χ4v) is 7.64. The van der Waals surface area contributed by atoms with E-state index in [9.17, 15) is 0 Å². The molecule has 0 fully saturated rings. The summed E-state index contributed by atoms with van der Waals surface area (Å²) in [6, 6.07) is 62.0. The maximum Gasteiger partial charge on any atom is -0.0107 e. The van der Waals surface area contributed by atoms with Crippen molar-refractivity contribution in [1.82, 2.24) is 0 Å². The average Bonchev–Trinajstić information content (AvgIpc) is 3.73. The van der Waals surface area contributed by atoms with E-state index in [0.717, 1.165) is 0 Å². The van der Waals surface area contributed by atoms with Crippen LogP contribution >= 0.6 is 24.8 Å². The van der Waals surface area contributed by atoms with Crippen LogP contribution in [-0.2, 0) is 23.3 Å². The third kappa shape index (κ3) is 8.05. The Kier molecular flexibility index (Phi) is 12.4. The molecule has 0 bridgehead atoms. The van der Waals surface area contributed by atoms with E-state index in [1.165, 1.54) is 98.0 Å². The van der Waals surface area contributed by atoms with E-state index in [1.807, 2.05) is 0 Å². The van der Waals surface area contributed by atoms with E-state index >= 15 is 0 Å². The Labute approximate surface area is 345 Å². The minimum atomic E-state index is 0. The van der Waals surface area contributed by atoms with Gasteiger partial charge in [-0.05, 0) is 78.5 Å². The topological polar surface area (TPSA) is 0 Å². The molecule has 0 saturated heterocycles. The fraction of sp³-hybridized carbons (Fsp3) is 0.0800. The molecule has 0 unspecified atom stereocenters. The van der Waals surface area contributed by atoms with Crippen LogP contribution in [0.1, 0.15) is 11.1 Å². The molecule has 10 aromatic carbocycles. The third-order valence-electron chi connectivity index (χ3n) is 9.86. The van der Waals surface area contributed by atoms with Crippen LogP contribution in [0.5, 0.6) is 0 Å². The molecule has 0 N–H and O–H groups in total. The number of aryl methyl sites for hydroxylation is 2. The summed E-state index contributed by atoms with van der Waals surface area (Å²) in [7, 11) is 0. The van der Waals surface area contributed by atoms with Crippen LogP contribution in [-0.4, -0.2) is 5.43 Å². The number of benzene rings is 8. The second-order valence-corrected chi connectivity index (χ2v) is 23.5. The first-order chi connectivity index (χ1) is 25.3. The molecule has 0 amide bonds. The number of rotatable bonds is 2. The Bertz CT molecular complexity index is 2730. The Hall–Kier alpha value is -4.30. The zero-order valence-electron chi connectivity index (χ0n) is 31.0. The molecule has 10 rings (SSSR count). The van der Waals surface area contributed by atoms with Crippen LogP contribution in [0.2, 0.25) is 13.1 Å². The van der Waals surface area contributed by atoms with Gasteiger partial charge in [-0.15, -0.1) is 93.9 Å². The van der Waals surface area contributed by atoms with Crippen molar-refractivity contribution in [3.8, 4) is 22.3 Å². The van der Waals surface area contributed by atoms with Crippen molar-refractivity contribution >= 4 is 94.9 Å². The fourth-order valence-electron chi connectivity index (χ4n) is 7.64. The summed E-state index contributed by atoms with van der Waals surface area (Å²) < 4.78 is 0. The largest absolute Gasteiger partial charge is 0.165 e. The Morgan fingerprint density at radius 2 is 0.667 bits per heavy atom. The van der Waals surface area contributed by atoms with E-state index in [2.05, 4.69) is 197 Å². The molecule has 0 aliphatic heterocycles. The molecule has 0 aliphatic rings. The van der Waals surface area contributed by atoms with Crippen LogP contribution in [0.15, 0.2) is 170 Å². The van der Waals surface area contributed by atoms with Crippen LogP contribution in [0.3, 0.4) is 0 Å². The summed E-state index contributed by atoms with van der Waals surface area (Å²) in [6.45, 7) is 8.95. The van der Waals surface area contributed by atoms with Crippen molar-refractivity contribution in [2.24, 2.45) is 0 Å². The van der Waals surface area contributed by atoms with Crippen molar-refractivity contribution < 1.29 is 23.3 Å². The van der Waals surface area contributed by atoms with Crippen molar-refractivity contribution in [1.29, 1.82) is 0 Å². The first-order valence-electron chi connectivity index (χ1n) is 18.0. The first-order valence-corrected chi connectivity index (χ1v) is 24.2. The zero-order valence-corrected chi connectivity index (χ0v) is 36.1. The predicted molar refractivity (Wildman–Crippen MR) is 241 cm³/mol. The van der Waals surface area contributed by atoms with Gasteiger partial charge in [-0.2, -0.15) is 12.1 Å². The monoisotopic (exact) mass is 830 g/mol. The van der Waals surface area contributed by atoms with Crippen LogP contribution in [0.4, 0.5) is 0 Å². The van der Waals surface area contributed by atoms with Crippen LogP contribution in [0.25, 0.3) is 86.9 Å². The van der Waals surface area contributed by atoms with Gasteiger partial charge in [0.1, 0.15) is 0 Å². The zero-order chi connectivity index (χ0) is 35.8. The summed E-state index contributed by atoms with van der Waals surface area (Å²) in [5, 5.41) is 15.8. The molecule has 4 heteroatoms. The molecule has 10 aromatic rings. The van der Waals surface area contributed by atoms with Crippen LogP contribution < -0.4 is 0 Å². The van der Waals surface area contributed by atoms with Gasteiger partial charge in [0, 0.05) is 0 Å². The van der Waals surface area contributed by atoms with Gasteiger partial charge in [-0.3, -0.25) is 0 Å². The SMILES string of the molecule is C[Si](C)=[Zr+2].Cc1cc2c(-c3cccc4cc5ccccc5cc34)cccc2[cH-]1.Cc1cc2c(-c3cccc4cc5ccccc5cc34)cccc2[cH-]1.Cl.Cl. The van der Waals surface area contributed by atoms with Gasteiger partial charge in [-0.1, -0.05) is 122 Å². The number of halogens is 2. The van der Waals surface area contributed by atoms with Gasteiger partial charge < -0.3 is 0 Å². The van der Waals surface area contributed by atoms with E-state index in [1.54, 1.807) is 23.3 Å². The maximum atomic E-state index is 2.33. The Morgan fingerprint density at radius 3 is 1.04 bits per heavy atom. The van der Waals surface area contributed by atoms with E-state index in [4.69, 9.17) is 0 Å². The van der Waals surface area contributed by atoms with E-state index in [0.29, 0.717) is 0 Å². The Balaban J connectivity index is 0.000000162. The van der Waals surface area contributed by atoms with Crippen molar-refractivity contribution in [2.75, 3.05) is 0 Å². The molecular formula is C50H42Cl2SiZr. The molecule has 0 heterocycles. The number of hydrogen-bond acceptors (Lipinski definition) is 0. The Morgan fingerprint density at radius 1 is 0.370 bits per heavy atom. The van der Waals surface area contributed by atoms with Crippen LogP contribution in [0, 0.1) is 13.8 Å². The van der Waals surface area contributed by atoms with Gasteiger partial charge in [0.2, 0.25) is 0 Å². The van der Waals surface area contributed by atoms with Gasteiger partial charge in [0.15, 0.2) is 0 Å². The molecule has 264 valence electrons. The van der Waals surface area contributed by atoms with E-state index < -0.39 is 0 Å². The predicted octanol–water partition coefficient (Wildman–Crippen LogP) is 15.3. The molecule has 0 aromatic heterocycles. The standard InChI is InChI=1S/2C24H17.C2H6Si.2ClH.Zr/c2*1-16-12-19-8-4-10-21(23(19)13-16)22-11-5-9-20-14-17-6-2-3-7-18(17)15-24(20)22;1-3-2;;;/h2*2-15H,1H3;1-2H3;2*1H;/q2*-1;;;;+2. The van der Waals surface area contributed by atoms with Gasteiger partial charge in [0.25, 0.3) is 0 Å². The summed E-state index contributed by atoms with van der Waals surface area (Å²) in [5.74, 6) is 0. The molecule has 0 radical (unpaired) electrons. The minimum absolute atomic E-state index is 0. The molecule has 0 nitrogen and oxygen atoms in total. The van der Waals surface area contributed by atoms with E-state index in [-0.39, 0.29) is 30.2 Å². The second-order valence-electron chi connectivity index (χ2n) is 14.1. The minimum Gasteiger partial charge on any atom is -0.165 e. The average molecular weight is 833 g/mol. The maximum absolute atomic E-state index is 2.33. The first kappa shape index (κ1) is 39.4. The van der Waals surface area contributed by atoms with Crippen molar-refractivity contribution in [2.45, 2.75) is 26.9 Å². The normalized spacial score (nSPS) is 10.8. The molecule has 54 heavy (non-hydrogen) atoms. The number of hydrogen-bond donors (Lipinski definition) is 0. The molecule has 0 saturated carbocycles. The summed E-state index contributed by atoms with van der Waals surface area (Å²) in [4.78, 5) is 0. The number of fused-ring (bicyclic) bond motifs is 6. The third-order valence-corrected chi connectivity index (χ3v) is 9.86. The second kappa shape index (κ2) is 17.0. The quantitative estimate of drug-likeness (QED) is 0.0925. The smallest absolute Gasteiger partial charge is 0.0107 e. The van der Waals surface area contributed by atoms with Crippen molar-refractivity contribution in [3.63, 3.8) is 0 Å². The summed E-state index contributed by atoms with van der Waals surface area (Å²) >= 11 is 1.74.